The van der Waals surface area contributed by atoms with Crippen LogP contribution in [0.2, 0.25) is 0 Å². The minimum absolute atomic E-state index is 0.121. The third-order valence-electron chi connectivity index (χ3n) is 5.24. The third kappa shape index (κ3) is 3.91. The number of rotatable bonds is 4. The van der Waals surface area contributed by atoms with Crippen LogP contribution >= 0.6 is 11.3 Å². The average molecular weight is 388 g/mol. The number of fused-ring (bicyclic) bond motifs is 1. The number of anilines is 2. The Labute approximate surface area is 163 Å². The van der Waals surface area contributed by atoms with Crippen LogP contribution in [0.15, 0.2) is 18.2 Å². The highest BCUT2D eigenvalue weighted by molar-refractivity contribution is 7.19. The molecule has 1 amide bonds. The third-order valence-corrected chi connectivity index (χ3v) is 6.14. The van der Waals surface area contributed by atoms with Crippen molar-refractivity contribution in [2.24, 2.45) is 0 Å². The fourth-order valence-corrected chi connectivity index (χ4v) is 4.58. The van der Waals surface area contributed by atoms with Gasteiger partial charge >= 0.3 is 0 Å². The van der Waals surface area contributed by atoms with E-state index in [1.165, 1.54) is 29.4 Å². The van der Waals surface area contributed by atoms with Gasteiger partial charge < -0.3 is 15.0 Å². The molecule has 2 aromatic rings. The van der Waals surface area contributed by atoms with Gasteiger partial charge in [-0.05, 0) is 31.0 Å². The van der Waals surface area contributed by atoms with Crippen LogP contribution < -0.4 is 15.0 Å². The highest BCUT2D eigenvalue weighted by atomic mass is 32.1. The second-order valence-corrected chi connectivity index (χ2v) is 8.23. The molecule has 3 heterocycles. The number of nitrogens with zero attached hydrogens (tertiary/aromatic N) is 4. The largest absolute Gasteiger partial charge is 0.490 e. The second-order valence-electron chi connectivity index (χ2n) is 7.27. The Morgan fingerprint density at radius 3 is 2.81 bits per heavy atom. The highest BCUT2D eigenvalue weighted by Crippen LogP contribution is 2.33. The lowest BCUT2D eigenvalue weighted by molar-refractivity contribution is -0.114. The Bertz CT molecular complexity index is 831. The molecule has 144 valence electrons. The van der Waals surface area contributed by atoms with Crippen molar-refractivity contribution in [3.05, 3.63) is 29.3 Å². The van der Waals surface area contributed by atoms with E-state index in [4.69, 9.17) is 4.74 Å². The maximum absolute atomic E-state index is 11.1. The van der Waals surface area contributed by atoms with Crippen molar-refractivity contribution in [3.63, 3.8) is 0 Å². The molecule has 2 atom stereocenters. The predicted octanol–water partition coefficient (Wildman–Crippen LogP) is 2.70. The van der Waals surface area contributed by atoms with E-state index in [-0.39, 0.29) is 12.0 Å². The van der Waals surface area contributed by atoms with Gasteiger partial charge in [-0.15, -0.1) is 10.2 Å². The maximum atomic E-state index is 11.1. The summed E-state index contributed by atoms with van der Waals surface area (Å²) in [5.41, 5.74) is 2.62. The minimum Gasteiger partial charge on any atom is -0.490 e. The molecule has 1 saturated heterocycles. The van der Waals surface area contributed by atoms with Crippen molar-refractivity contribution in [2.45, 2.75) is 39.3 Å². The van der Waals surface area contributed by atoms with Crippen molar-refractivity contribution in [3.8, 4) is 5.75 Å². The van der Waals surface area contributed by atoms with Gasteiger partial charge in [-0.2, -0.15) is 0 Å². The SMILES string of the molecule is CC(=O)Nc1nnc(N2CCN([C@@H](C)c3ccc4c(c3)O[C@@H](C)C4)CC2)s1. The summed E-state index contributed by atoms with van der Waals surface area (Å²) in [5, 5.41) is 12.4. The monoisotopic (exact) mass is 387 g/mol. The maximum Gasteiger partial charge on any atom is 0.223 e. The quantitative estimate of drug-likeness (QED) is 0.870. The number of carbonyl (C=O) groups excluding carboxylic acids is 1. The van der Waals surface area contributed by atoms with Crippen molar-refractivity contribution in [2.75, 3.05) is 36.4 Å². The van der Waals surface area contributed by atoms with Crippen molar-refractivity contribution in [1.29, 1.82) is 0 Å². The van der Waals surface area contributed by atoms with Crippen molar-refractivity contribution < 1.29 is 9.53 Å². The average Bonchev–Trinajstić information content (AvgIpc) is 3.25. The van der Waals surface area contributed by atoms with Gasteiger partial charge in [0.05, 0.1) is 0 Å². The van der Waals surface area contributed by atoms with E-state index in [9.17, 15) is 4.79 Å². The molecule has 7 nitrogen and oxygen atoms in total. The van der Waals surface area contributed by atoms with Crippen molar-refractivity contribution >= 4 is 27.5 Å². The van der Waals surface area contributed by atoms with E-state index in [1.54, 1.807) is 0 Å². The molecule has 0 bridgehead atoms. The summed E-state index contributed by atoms with van der Waals surface area (Å²) in [6, 6.07) is 7.01. The van der Waals surface area contributed by atoms with Gasteiger partial charge in [-0.1, -0.05) is 23.5 Å². The molecule has 0 radical (unpaired) electrons. The number of piperazine rings is 1. The van der Waals surface area contributed by atoms with E-state index in [1.807, 2.05) is 0 Å². The van der Waals surface area contributed by atoms with Gasteiger partial charge in [-0.25, -0.2) is 0 Å². The molecule has 0 spiro atoms. The first-order valence-electron chi connectivity index (χ1n) is 9.39. The summed E-state index contributed by atoms with van der Waals surface area (Å²) in [6.07, 6.45) is 1.29. The van der Waals surface area contributed by atoms with E-state index in [0.29, 0.717) is 11.2 Å². The van der Waals surface area contributed by atoms with Gasteiger partial charge in [0.1, 0.15) is 11.9 Å². The molecule has 0 aliphatic carbocycles. The fourth-order valence-electron chi connectivity index (χ4n) is 3.73. The number of ether oxygens (including phenoxy) is 1. The van der Waals surface area contributed by atoms with E-state index in [0.717, 1.165) is 43.5 Å². The second kappa shape index (κ2) is 7.44. The number of aromatic nitrogens is 2. The van der Waals surface area contributed by atoms with Gasteiger partial charge in [0, 0.05) is 45.6 Å². The normalized spacial score (nSPS) is 20.9. The number of nitrogens with one attached hydrogen (secondary N) is 1. The fraction of sp³-hybridized carbons (Fsp3) is 0.526. The summed E-state index contributed by atoms with van der Waals surface area (Å²) in [7, 11) is 0. The van der Waals surface area contributed by atoms with E-state index in [2.05, 4.69) is 57.4 Å². The first kappa shape index (κ1) is 18.2. The van der Waals surface area contributed by atoms with E-state index < -0.39 is 0 Å². The van der Waals surface area contributed by atoms with Crippen molar-refractivity contribution in [1.82, 2.24) is 15.1 Å². The van der Waals surface area contributed by atoms with Crippen LogP contribution in [0.3, 0.4) is 0 Å². The molecule has 2 aliphatic heterocycles. The zero-order valence-corrected chi connectivity index (χ0v) is 16.8. The van der Waals surface area contributed by atoms with Crippen LogP contribution in [0.4, 0.5) is 10.3 Å². The van der Waals surface area contributed by atoms with Gasteiger partial charge in [0.2, 0.25) is 16.2 Å². The van der Waals surface area contributed by atoms with Crippen LogP contribution in [-0.2, 0) is 11.2 Å². The van der Waals surface area contributed by atoms with E-state index >= 15 is 0 Å². The first-order chi connectivity index (χ1) is 13.0. The van der Waals surface area contributed by atoms with Crippen LogP contribution in [0.5, 0.6) is 5.75 Å². The molecule has 2 aliphatic rings. The number of benzene rings is 1. The lowest BCUT2D eigenvalue weighted by Gasteiger charge is -2.38. The van der Waals surface area contributed by atoms with Crippen LogP contribution in [0, 0.1) is 0 Å². The molecular weight excluding hydrogens is 362 g/mol. The van der Waals surface area contributed by atoms with Gasteiger partial charge in [-0.3, -0.25) is 9.69 Å². The molecular formula is C19H25N5O2S. The smallest absolute Gasteiger partial charge is 0.223 e. The summed E-state index contributed by atoms with van der Waals surface area (Å²) >= 11 is 1.42. The predicted molar refractivity (Wildman–Crippen MR) is 107 cm³/mol. The molecule has 1 aromatic heterocycles. The Kier molecular flexibility index (Phi) is 5.01. The zero-order valence-electron chi connectivity index (χ0n) is 15.9. The standard InChI is InChI=1S/C19H25N5O2S/c1-12-10-16-5-4-15(11-17(16)26-12)13(2)23-6-8-24(9-7-23)19-22-21-18(27-19)20-14(3)25/h4-5,11-13H,6-10H2,1-3H3,(H,20,21,25)/t12-,13-/m0/s1. The Hall–Kier alpha value is -2.19. The zero-order chi connectivity index (χ0) is 19.0. The van der Waals surface area contributed by atoms with Gasteiger partial charge in [0.25, 0.3) is 0 Å². The number of hydrogen-bond acceptors (Lipinski definition) is 7. The molecule has 1 N–H and O–H groups in total. The molecule has 8 heteroatoms. The topological polar surface area (TPSA) is 70.6 Å². The molecule has 1 aromatic carbocycles. The van der Waals surface area contributed by atoms with Crippen LogP contribution in [0.25, 0.3) is 0 Å². The summed E-state index contributed by atoms with van der Waals surface area (Å²) in [6.45, 7) is 9.58. The molecule has 0 unspecified atom stereocenters. The molecule has 4 rings (SSSR count). The Morgan fingerprint density at radius 1 is 1.30 bits per heavy atom. The summed E-state index contributed by atoms with van der Waals surface area (Å²) in [5.74, 6) is 0.925. The highest BCUT2D eigenvalue weighted by Gasteiger charge is 2.26. The van der Waals surface area contributed by atoms with Crippen LogP contribution in [-0.4, -0.2) is 53.3 Å². The molecule has 27 heavy (non-hydrogen) atoms. The minimum atomic E-state index is -0.121. The molecule has 1 fully saturated rings. The number of hydrogen-bond donors (Lipinski definition) is 1. The lowest BCUT2D eigenvalue weighted by atomic mass is 10.0. The number of carbonyl (C=O) groups is 1. The lowest BCUT2D eigenvalue weighted by Crippen LogP contribution is -2.47. The summed E-state index contributed by atoms with van der Waals surface area (Å²) in [4.78, 5) is 15.9. The Balaban J connectivity index is 1.37. The summed E-state index contributed by atoms with van der Waals surface area (Å²) < 4.78 is 5.92. The number of amides is 1. The first-order valence-corrected chi connectivity index (χ1v) is 10.2. The van der Waals surface area contributed by atoms with Crippen LogP contribution in [0.1, 0.15) is 37.9 Å². The molecule has 0 saturated carbocycles. The van der Waals surface area contributed by atoms with Gasteiger partial charge in [0.15, 0.2) is 0 Å². The Morgan fingerprint density at radius 2 is 2.07 bits per heavy atom.